The Morgan fingerprint density at radius 1 is 1.15 bits per heavy atom. The highest BCUT2D eigenvalue weighted by Crippen LogP contribution is 2.22. The molecule has 27 heavy (non-hydrogen) atoms. The Kier molecular flexibility index (Phi) is 6.44. The molecule has 0 radical (unpaired) electrons. The largest absolute Gasteiger partial charge is 0.467 e. The van der Waals surface area contributed by atoms with Crippen LogP contribution in [-0.4, -0.2) is 49.7 Å². The average Bonchev–Trinajstić information content (AvgIpc) is 2.74. The molecule has 142 valence electrons. The molecule has 1 N–H and O–H groups in total. The monoisotopic (exact) mass is 368 g/mol. The molecule has 2 aromatic rings. The van der Waals surface area contributed by atoms with Crippen molar-refractivity contribution in [3.05, 3.63) is 71.8 Å². The minimum absolute atomic E-state index is 0.170. The predicted octanol–water partition coefficient (Wildman–Crippen LogP) is 2.55. The van der Waals surface area contributed by atoms with Crippen LogP contribution in [0.5, 0.6) is 0 Å². The van der Waals surface area contributed by atoms with Gasteiger partial charge in [-0.25, -0.2) is 9.59 Å². The van der Waals surface area contributed by atoms with E-state index in [1.807, 2.05) is 60.7 Å². The first-order valence-electron chi connectivity index (χ1n) is 9.01. The Morgan fingerprint density at radius 2 is 1.81 bits per heavy atom. The predicted molar refractivity (Wildman–Crippen MR) is 101 cm³/mol. The van der Waals surface area contributed by atoms with E-state index in [9.17, 15) is 9.59 Å². The lowest BCUT2D eigenvalue weighted by molar-refractivity contribution is -0.142. The van der Waals surface area contributed by atoms with Gasteiger partial charge in [-0.05, 0) is 11.1 Å². The molecule has 0 bridgehead atoms. The van der Waals surface area contributed by atoms with Crippen molar-refractivity contribution in [3.63, 3.8) is 0 Å². The summed E-state index contributed by atoms with van der Waals surface area (Å²) in [5.74, 6) is -0.458. The summed E-state index contributed by atoms with van der Waals surface area (Å²) in [6.07, 6.45) is 0.211. The van der Waals surface area contributed by atoms with Gasteiger partial charge in [0.1, 0.15) is 12.1 Å². The zero-order valence-corrected chi connectivity index (χ0v) is 15.3. The summed E-state index contributed by atoms with van der Waals surface area (Å²) in [5.41, 5.74) is 1.99. The van der Waals surface area contributed by atoms with Crippen molar-refractivity contribution in [3.8, 4) is 0 Å². The first kappa shape index (κ1) is 18.9. The van der Waals surface area contributed by atoms with Gasteiger partial charge in [0.15, 0.2) is 0 Å². The van der Waals surface area contributed by atoms with Gasteiger partial charge >= 0.3 is 12.0 Å². The smallest absolute Gasteiger partial charge is 0.328 e. The molecule has 1 aliphatic rings. The lowest BCUT2D eigenvalue weighted by atomic mass is 10.1. The minimum atomic E-state index is -0.733. The molecule has 6 nitrogen and oxygen atoms in total. The summed E-state index contributed by atoms with van der Waals surface area (Å²) < 4.78 is 10.7. The number of hydrogen-bond acceptors (Lipinski definition) is 4. The normalized spacial score (nSPS) is 17.8. The maximum absolute atomic E-state index is 12.7. The van der Waals surface area contributed by atoms with Crippen LogP contribution in [-0.2, 0) is 20.7 Å². The topological polar surface area (TPSA) is 67.9 Å². The third-order valence-electron chi connectivity index (χ3n) is 4.59. The molecular formula is C21H24N2O4. The number of hydrogen-bond donors (Lipinski definition) is 1. The third-order valence-corrected chi connectivity index (χ3v) is 4.59. The van der Waals surface area contributed by atoms with Crippen LogP contribution >= 0.6 is 0 Å². The van der Waals surface area contributed by atoms with Gasteiger partial charge in [-0.2, -0.15) is 0 Å². The summed E-state index contributed by atoms with van der Waals surface area (Å²) in [7, 11) is 1.33. The number of urea groups is 1. The summed E-state index contributed by atoms with van der Waals surface area (Å²) in [6, 6.07) is 18.3. The first-order chi connectivity index (χ1) is 13.2. The molecule has 1 saturated heterocycles. The summed E-state index contributed by atoms with van der Waals surface area (Å²) >= 11 is 0. The van der Waals surface area contributed by atoms with Gasteiger partial charge in [-0.3, -0.25) is 0 Å². The van der Waals surface area contributed by atoms with Crippen molar-refractivity contribution in [2.24, 2.45) is 0 Å². The molecule has 6 heteroatoms. The Morgan fingerprint density at radius 3 is 2.48 bits per heavy atom. The van der Waals surface area contributed by atoms with Gasteiger partial charge in [0, 0.05) is 13.0 Å². The summed E-state index contributed by atoms with van der Waals surface area (Å²) in [6.45, 7) is 1.37. The second-order valence-corrected chi connectivity index (χ2v) is 6.43. The Balaban J connectivity index is 1.65. The maximum Gasteiger partial charge on any atom is 0.328 e. The molecule has 0 saturated carbocycles. The number of methoxy groups -OCH3 is 1. The second kappa shape index (κ2) is 9.19. The number of rotatable bonds is 5. The van der Waals surface area contributed by atoms with E-state index in [0.717, 1.165) is 11.1 Å². The van der Waals surface area contributed by atoms with Crippen molar-refractivity contribution in [2.45, 2.75) is 18.6 Å². The fraction of sp³-hybridized carbons (Fsp3) is 0.333. The minimum Gasteiger partial charge on any atom is -0.467 e. The van der Waals surface area contributed by atoms with E-state index < -0.39 is 12.0 Å². The highest BCUT2D eigenvalue weighted by atomic mass is 16.5. The van der Waals surface area contributed by atoms with Crippen molar-refractivity contribution in [1.82, 2.24) is 10.2 Å². The second-order valence-electron chi connectivity index (χ2n) is 6.43. The van der Waals surface area contributed by atoms with Crippen LogP contribution in [0.2, 0.25) is 0 Å². The maximum atomic E-state index is 12.7. The van der Waals surface area contributed by atoms with E-state index in [-0.39, 0.29) is 12.1 Å². The highest BCUT2D eigenvalue weighted by Gasteiger charge is 2.29. The first-order valence-corrected chi connectivity index (χ1v) is 9.01. The molecule has 2 aromatic carbocycles. The molecule has 0 spiro atoms. The van der Waals surface area contributed by atoms with E-state index >= 15 is 0 Å². The number of nitrogens with one attached hydrogen (secondary N) is 1. The fourth-order valence-corrected chi connectivity index (χ4v) is 3.13. The Bertz CT molecular complexity index is 751. The van der Waals surface area contributed by atoms with E-state index in [0.29, 0.717) is 26.1 Å². The van der Waals surface area contributed by atoms with Gasteiger partial charge in [-0.15, -0.1) is 0 Å². The number of benzene rings is 2. The number of amides is 2. The molecule has 0 unspecified atom stereocenters. The molecule has 2 atom stereocenters. The number of nitrogens with zero attached hydrogens (tertiary/aromatic N) is 1. The summed E-state index contributed by atoms with van der Waals surface area (Å²) in [5, 5.41) is 2.81. The van der Waals surface area contributed by atoms with Crippen LogP contribution in [0.4, 0.5) is 4.79 Å². The Labute approximate surface area is 159 Å². The van der Waals surface area contributed by atoms with Gasteiger partial charge in [0.25, 0.3) is 0 Å². The lowest BCUT2D eigenvalue weighted by Crippen LogP contribution is -2.52. The van der Waals surface area contributed by atoms with Gasteiger partial charge in [0.05, 0.1) is 20.3 Å². The van der Waals surface area contributed by atoms with Crippen LogP contribution in [0.25, 0.3) is 0 Å². The fourth-order valence-electron chi connectivity index (χ4n) is 3.13. The molecule has 2 amide bonds. The standard InChI is InChI=1S/C21H24N2O4/c1-26-20(24)18(14-16-8-4-2-5-9-16)22-21(25)23-12-13-27-19(15-23)17-10-6-3-7-11-17/h2-11,18-19H,12-15H2,1H3,(H,22,25)/t18-,19+/m0/s1. The molecule has 1 heterocycles. The van der Waals surface area contributed by atoms with Gasteiger partial charge in [0.2, 0.25) is 0 Å². The molecule has 0 aliphatic carbocycles. The Hall–Kier alpha value is -2.86. The number of carbonyl (C=O) groups excluding carboxylic acids is 2. The lowest BCUT2D eigenvalue weighted by Gasteiger charge is -2.34. The molecule has 1 fully saturated rings. The van der Waals surface area contributed by atoms with Crippen LogP contribution in [0.1, 0.15) is 17.2 Å². The van der Waals surface area contributed by atoms with E-state index in [4.69, 9.17) is 9.47 Å². The van der Waals surface area contributed by atoms with E-state index in [1.54, 1.807) is 4.90 Å². The van der Waals surface area contributed by atoms with Gasteiger partial charge in [-0.1, -0.05) is 60.7 Å². The van der Waals surface area contributed by atoms with Crippen molar-refractivity contribution >= 4 is 12.0 Å². The molecular weight excluding hydrogens is 344 g/mol. The van der Waals surface area contributed by atoms with Crippen molar-refractivity contribution < 1.29 is 19.1 Å². The van der Waals surface area contributed by atoms with Crippen molar-refractivity contribution in [1.29, 1.82) is 0 Å². The summed E-state index contributed by atoms with van der Waals surface area (Å²) in [4.78, 5) is 26.6. The third kappa shape index (κ3) is 5.08. The zero-order chi connectivity index (χ0) is 19.1. The average molecular weight is 368 g/mol. The number of ether oxygens (including phenoxy) is 2. The molecule has 0 aromatic heterocycles. The molecule has 3 rings (SSSR count). The molecule has 1 aliphatic heterocycles. The van der Waals surface area contributed by atoms with Crippen LogP contribution < -0.4 is 5.32 Å². The number of carbonyl (C=O) groups is 2. The number of esters is 1. The zero-order valence-electron chi connectivity index (χ0n) is 15.3. The van der Waals surface area contributed by atoms with Crippen LogP contribution in [0, 0.1) is 0 Å². The number of morpholine rings is 1. The van der Waals surface area contributed by atoms with Crippen LogP contribution in [0.15, 0.2) is 60.7 Å². The quantitative estimate of drug-likeness (QED) is 0.824. The van der Waals surface area contributed by atoms with E-state index in [1.165, 1.54) is 7.11 Å². The van der Waals surface area contributed by atoms with Gasteiger partial charge < -0.3 is 19.7 Å². The van der Waals surface area contributed by atoms with Crippen LogP contribution in [0.3, 0.4) is 0 Å². The van der Waals surface area contributed by atoms with E-state index in [2.05, 4.69) is 5.32 Å². The van der Waals surface area contributed by atoms with Crippen molar-refractivity contribution in [2.75, 3.05) is 26.8 Å². The highest BCUT2D eigenvalue weighted by molar-refractivity contribution is 5.84. The SMILES string of the molecule is COC(=O)[C@H](Cc1ccccc1)NC(=O)N1CCO[C@@H](c2ccccc2)C1.